The molecule has 7 rings (SSSR count). The van der Waals surface area contributed by atoms with E-state index in [0.29, 0.717) is 69.9 Å². The van der Waals surface area contributed by atoms with Gasteiger partial charge in [-0.25, -0.2) is 4.79 Å². The predicted molar refractivity (Wildman–Crippen MR) is 334 cm³/mol. The lowest BCUT2D eigenvalue weighted by atomic mass is 9.78. The number of hydrogen-bond donors (Lipinski definition) is 1. The first-order valence-corrected chi connectivity index (χ1v) is 30.9. The van der Waals surface area contributed by atoms with Gasteiger partial charge in [0, 0.05) is 90.4 Å². The van der Waals surface area contributed by atoms with E-state index in [4.69, 9.17) is 49.5 Å². The number of amides is 4. The summed E-state index contributed by atoms with van der Waals surface area (Å²) in [6.07, 6.45) is 2.45. The summed E-state index contributed by atoms with van der Waals surface area (Å²) in [5.74, 6) is 3.27. The molecule has 89 heavy (non-hydrogen) atoms. The normalized spacial score (nSPS) is 23.7. The van der Waals surface area contributed by atoms with E-state index in [1.807, 2.05) is 87.5 Å². The zero-order chi connectivity index (χ0) is 64.4. The molecular weight excluding hydrogens is 1160 g/mol. The Morgan fingerprint density at radius 1 is 0.831 bits per heavy atom. The van der Waals surface area contributed by atoms with E-state index in [0.717, 1.165) is 39.1 Å². The van der Waals surface area contributed by atoms with Crippen LogP contribution in [-0.4, -0.2) is 186 Å². The molecule has 21 heteroatoms. The van der Waals surface area contributed by atoms with E-state index in [1.165, 1.54) is 35.8 Å². The summed E-state index contributed by atoms with van der Waals surface area (Å²) in [5.41, 5.74) is 3.54. The topological polar surface area (TPSA) is 230 Å². The first-order chi connectivity index (χ1) is 42.5. The number of para-hydroxylation sites is 1. The van der Waals surface area contributed by atoms with Gasteiger partial charge in [0.25, 0.3) is 0 Å². The zero-order valence-electron chi connectivity index (χ0n) is 52.8. The molecule has 2 fully saturated rings. The molecule has 4 aliphatic rings. The highest BCUT2D eigenvalue weighted by Crippen LogP contribution is 2.50. The Bertz CT molecular complexity index is 3140. The number of carbonyl (C=O) groups excluding carboxylic acids is 7. The SMILES string of the molecule is CO[C@@H]1/C=C/C=C(\C)Cc2cc(C)c(Cl)c(c2)N(C)C(=O)C[C@H](OC(=O)[C@H](C)N(C)C(=O)CCCC(=O)N(C)CCOCCOCCOCCOCCC(=O)CCC(=O)N2Cc3ccccc3C#Cc3ccccc32)[C@]2(C)O[C@H]2[C@H](C)[C@@H]2C[C@@]1(O)CC(=O)O2. The number of benzene rings is 3. The maximum Gasteiger partial charge on any atom is 0.328 e. The van der Waals surface area contributed by atoms with Crippen LogP contribution in [0.1, 0.15) is 113 Å². The Morgan fingerprint density at radius 2 is 1.47 bits per heavy atom. The van der Waals surface area contributed by atoms with Crippen molar-refractivity contribution in [1.82, 2.24) is 9.80 Å². The van der Waals surface area contributed by atoms with Crippen molar-refractivity contribution in [2.45, 2.75) is 147 Å². The van der Waals surface area contributed by atoms with Gasteiger partial charge in [0.2, 0.25) is 23.6 Å². The van der Waals surface area contributed by atoms with Gasteiger partial charge in [-0.3, -0.25) is 28.8 Å². The number of nitrogens with zero attached hydrogens (tertiary/aromatic N) is 4. The molecule has 2 saturated heterocycles. The van der Waals surface area contributed by atoms with Crippen LogP contribution in [-0.2, 0) is 84.4 Å². The van der Waals surface area contributed by atoms with Crippen LogP contribution < -0.4 is 9.80 Å². The van der Waals surface area contributed by atoms with Crippen LogP contribution in [0, 0.1) is 24.7 Å². The third kappa shape index (κ3) is 19.1. The number of ether oxygens (including phenoxy) is 8. The summed E-state index contributed by atoms with van der Waals surface area (Å²) < 4.78 is 46.5. The Balaban J connectivity index is 0.774. The molecule has 0 aliphatic carbocycles. The molecule has 4 aliphatic heterocycles. The number of methoxy groups -OCH3 is 1. The van der Waals surface area contributed by atoms with Crippen molar-refractivity contribution >= 4 is 64.3 Å². The molecule has 0 radical (unpaired) electrons. The number of hydrogen-bond acceptors (Lipinski definition) is 16. The number of aryl methyl sites for hydroxylation is 1. The molecule has 4 bridgehead atoms. The second-order valence-corrected chi connectivity index (χ2v) is 24.0. The van der Waals surface area contributed by atoms with Crippen molar-refractivity contribution in [1.29, 1.82) is 0 Å². The molecule has 4 heterocycles. The highest BCUT2D eigenvalue weighted by atomic mass is 35.5. The average molecular weight is 1250 g/mol. The fourth-order valence-corrected chi connectivity index (χ4v) is 11.5. The fraction of sp³-hybridized carbons (Fsp3) is 0.544. The van der Waals surface area contributed by atoms with E-state index < -0.39 is 71.3 Å². The summed E-state index contributed by atoms with van der Waals surface area (Å²) in [6, 6.07) is 18.0. The van der Waals surface area contributed by atoms with Gasteiger partial charge in [-0.05, 0) is 81.5 Å². The number of ketones is 1. The van der Waals surface area contributed by atoms with Crippen molar-refractivity contribution < 1.29 is 76.6 Å². The van der Waals surface area contributed by atoms with Gasteiger partial charge in [-0.2, -0.15) is 0 Å². The second kappa shape index (κ2) is 32.8. The van der Waals surface area contributed by atoms with Crippen LogP contribution >= 0.6 is 11.6 Å². The number of halogens is 1. The first-order valence-electron chi connectivity index (χ1n) is 30.6. The van der Waals surface area contributed by atoms with Crippen molar-refractivity contribution in [2.75, 3.05) is 97.5 Å². The van der Waals surface area contributed by atoms with Crippen LogP contribution in [0.2, 0.25) is 5.02 Å². The summed E-state index contributed by atoms with van der Waals surface area (Å²) in [4.78, 5) is 100. The van der Waals surface area contributed by atoms with E-state index in [2.05, 4.69) is 11.8 Å². The molecule has 3 aromatic rings. The summed E-state index contributed by atoms with van der Waals surface area (Å²) >= 11 is 6.85. The average Bonchev–Trinajstić information content (AvgIpc) is 1.65. The van der Waals surface area contributed by atoms with Crippen LogP contribution in [0.5, 0.6) is 0 Å². The Labute approximate surface area is 528 Å². The molecule has 3 aromatic carbocycles. The molecule has 0 unspecified atom stereocenters. The van der Waals surface area contributed by atoms with Gasteiger partial charge in [-0.1, -0.05) is 90.6 Å². The molecule has 482 valence electrons. The number of carbonyl (C=O) groups is 7. The van der Waals surface area contributed by atoms with Crippen molar-refractivity contribution in [3.63, 3.8) is 0 Å². The van der Waals surface area contributed by atoms with Gasteiger partial charge in [0.1, 0.15) is 41.3 Å². The third-order valence-electron chi connectivity index (χ3n) is 17.0. The number of rotatable bonds is 26. The van der Waals surface area contributed by atoms with E-state index in [9.17, 15) is 38.7 Å². The third-order valence-corrected chi connectivity index (χ3v) is 17.5. The number of anilines is 2. The number of fused-ring (bicyclic) bond motifs is 7. The number of Topliss-reactive ketones (excluding diaryl/α,β-unsaturated/α-hetero) is 1. The van der Waals surface area contributed by atoms with Gasteiger partial charge < -0.3 is 62.6 Å². The lowest BCUT2D eigenvalue weighted by molar-refractivity contribution is -0.187. The lowest BCUT2D eigenvalue weighted by Gasteiger charge is -2.41. The Morgan fingerprint density at radius 3 is 2.18 bits per heavy atom. The molecule has 1 N–H and O–H groups in total. The Hall–Kier alpha value is -6.80. The molecule has 0 spiro atoms. The number of likely N-dealkylation sites (N-methyl/N-ethyl adjacent to an activating group) is 2. The molecule has 0 aromatic heterocycles. The standard InChI is InChI=1S/C68H87ClN4O16/c1-45-16-14-21-57(82-9)68(81)42-56(87-63(79)43-68)47(3)65-67(5,89-65)58(41-62(78)72(8)55-40-49(38-45)39-46(2)64(55)69)88-66(80)48(4)71(7)60(76)23-15-22-59(75)70(6)29-31-84-33-35-86-37-36-85-34-32-83-30-28-53(74)26-27-61(77)73-44-52-19-11-10-17-50(52)24-25-51-18-12-13-20-54(51)73/h10-14,16-21,39-40,47-48,56-58,65,81H,15,22-23,26-38,41-44H2,1-9H3/b21-14+,45-16+/t47-,48+,56+,57-,58+,65+,67+,68-/m1/s1. The van der Waals surface area contributed by atoms with Crippen LogP contribution in [0.25, 0.3) is 0 Å². The summed E-state index contributed by atoms with van der Waals surface area (Å²) in [5, 5.41) is 12.4. The number of epoxide rings is 1. The van der Waals surface area contributed by atoms with Crippen LogP contribution in [0.3, 0.4) is 0 Å². The van der Waals surface area contributed by atoms with Crippen molar-refractivity contribution in [3.8, 4) is 11.8 Å². The minimum absolute atomic E-state index is 0.0265. The molecule has 4 amide bonds. The van der Waals surface area contributed by atoms with Crippen LogP contribution in [0.4, 0.5) is 11.4 Å². The predicted octanol–water partition coefficient (Wildman–Crippen LogP) is 7.45. The number of aliphatic hydroxyl groups is 1. The van der Waals surface area contributed by atoms with E-state index in [1.54, 1.807) is 38.1 Å². The monoisotopic (exact) mass is 1250 g/mol. The first kappa shape index (κ1) is 69.7. The van der Waals surface area contributed by atoms with Gasteiger partial charge >= 0.3 is 11.9 Å². The van der Waals surface area contributed by atoms with Gasteiger partial charge in [0.15, 0.2) is 0 Å². The number of allylic oxidation sites excluding steroid dienone is 3. The number of esters is 2. The quantitative estimate of drug-likeness (QED) is 0.0356. The molecule has 8 atom stereocenters. The lowest BCUT2D eigenvalue weighted by Crippen LogP contribution is -2.53. The smallest absolute Gasteiger partial charge is 0.328 e. The largest absolute Gasteiger partial charge is 0.462 e. The highest BCUT2D eigenvalue weighted by molar-refractivity contribution is 6.34. The van der Waals surface area contributed by atoms with Crippen molar-refractivity contribution in [2.24, 2.45) is 5.92 Å². The van der Waals surface area contributed by atoms with Crippen molar-refractivity contribution in [3.05, 3.63) is 117 Å². The Kier molecular flexibility index (Phi) is 25.7. The van der Waals surface area contributed by atoms with Crippen LogP contribution in [0.15, 0.2) is 84.5 Å². The summed E-state index contributed by atoms with van der Waals surface area (Å²) in [7, 11) is 6.20. The molecular formula is C68H87ClN4O16. The highest BCUT2D eigenvalue weighted by Gasteiger charge is 2.64. The van der Waals surface area contributed by atoms with Gasteiger partial charge in [0.05, 0.1) is 94.7 Å². The minimum Gasteiger partial charge on any atom is -0.462 e. The minimum atomic E-state index is -1.61. The molecule has 0 saturated carbocycles. The van der Waals surface area contributed by atoms with E-state index >= 15 is 0 Å². The summed E-state index contributed by atoms with van der Waals surface area (Å²) in [6.45, 7) is 12.0. The van der Waals surface area contributed by atoms with E-state index in [-0.39, 0.29) is 88.6 Å². The molecule has 20 nitrogen and oxygen atoms in total. The fourth-order valence-electron chi connectivity index (χ4n) is 11.3. The second-order valence-electron chi connectivity index (χ2n) is 23.6. The zero-order valence-corrected chi connectivity index (χ0v) is 53.6. The maximum absolute atomic E-state index is 14.3. The maximum atomic E-state index is 14.3. The van der Waals surface area contributed by atoms with Gasteiger partial charge in [-0.15, -0.1) is 0 Å².